The summed E-state index contributed by atoms with van der Waals surface area (Å²) >= 11 is 0. The van der Waals surface area contributed by atoms with Crippen molar-refractivity contribution in [2.45, 2.75) is 12.5 Å². The van der Waals surface area contributed by atoms with Crippen LogP contribution in [0, 0.1) is 5.82 Å². The molecule has 1 unspecified atom stereocenters. The Hall–Kier alpha value is -1.91. The molecular weight excluding hydrogens is 207 g/mol. The minimum absolute atomic E-state index is 0.0782. The molecule has 0 spiro atoms. The van der Waals surface area contributed by atoms with Gasteiger partial charge < -0.3 is 5.32 Å². The van der Waals surface area contributed by atoms with E-state index in [1.807, 2.05) is 6.07 Å². The largest absolute Gasteiger partial charge is 0.354 e. The zero-order valence-electron chi connectivity index (χ0n) is 8.60. The van der Waals surface area contributed by atoms with Crippen LogP contribution in [0.1, 0.15) is 18.0 Å². The Kier molecular flexibility index (Phi) is 2.09. The highest BCUT2D eigenvalue weighted by Crippen LogP contribution is 2.27. The minimum Gasteiger partial charge on any atom is -0.354 e. The predicted molar refractivity (Wildman–Crippen MR) is 57.7 cm³/mol. The summed E-state index contributed by atoms with van der Waals surface area (Å²) < 4.78 is 15.0. The summed E-state index contributed by atoms with van der Waals surface area (Å²) in [6.07, 6.45) is 2.40. The molecule has 1 aromatic carbocycles. The lowest BCUT2D eigenvalue weighted by atomic mass is 10.0. The molecule has 2 aromatic rings. The molecule has 0 aliphatic carbocycles. The molecule has 0 radical (unpaired) electrons. The molecule has 5 heteroatoms. The van der Waals surface area contributed by atoms with Gasteiger partial charge in [-0.05, 0) is 24.1 Å². The van der Waals surface area contributed by atoms with Crippen LogP contribution in [0.15, 0.2) is 30.6 Å². The fraction of sp³-hybridized carbons (Fsp3) is 0.273. The third kappa shape index (κ3) is 1.44. The van der Waals surface area contributed by atoms with Crippen LogP contribution in [0.25, 0.3) is 0 Å². The fourth-order valence-electron chi connectivity index (χ4n) is 2.07. The number of halogens is 1. The Morgan fingerprint density at radius 1 is 1.44 bits per heavy atom. The van der Waals surface area contributed by atoms with Crippen molar-refractivity contribution >= 4 is 5.95 Å². The zero-order chi connectivity index (χ0) is 11.0. The smallest absolute Gasteiger partial charge is 0.221 e. The highest BCUT2D eigenvalue weighted by molar-refractivity contribution is 5.31. The summed E-state index contributed by atoms with van der Waals surface area (Å²) in [7, 11) is 0. The van der Waals surface area contributed by atoms with Crippen molar-refractivity contribution in [1.29, 1.82) is 0 Å². The van der Waals surface area contributed by atoms with E-state index in [0.717, 1.165) is 24.5 Å². The second kappa shape index (κ2) is 3.59. The lowest BCUT2D eigenvalue weighted by molar-refractivity contribution is 0.477. The number of rotatable bonds is 1. The van der Waals surface area contributed by atoms with Gasteiger partial charge in [-0.2, -0.15) is 10.1 Å². The summed E-state index contributed by atoms with van der Waals surface area (Å²) in [4.78, 5) is 4.10. The normalized spacial score (nSPS) is 18.9. The van der Waals surface area contributed by atoms with E-state index in [0.29, 0.717) is 0 Å². The second-order valence-corrected chi connectivity index (χ2v) is 3.81. The van der Waals surface area contributed by atoms with Gasteiger partial charge in [-0.1, -0.05) is 12.1 Å². The first-order valence-corrected chi connectivity index (χ1v) is 5.23. The number of hydrogen-bond donors (Lipinski definition) is 1. The predicted octanol–water partition coefficient (Wildman–Crippen LogP) is 1.82. The molecule has 1 atom stereocenters. The van der Waals surface area contributed by atoms with Crippen LogP contribution in [-0.2, 0) is 0 Å². The maximum Gasteiger partial charge on any atom is 0.221 e. The fourth-order valence-corrected chi connectivity index (χ4v) is 2.07. The van der Waals surface area contributed by atoms with E-state index in [1.165, 1.54) is 12.4 Å². The molecular formula is C11H11FN4. The van der Waals surface area contributed by atoms with E-state index in [2.05, 4.69) is 15.4 Å². The lowest BCUT2D eigenvalue weighted by Crippen LogP contribution is -2.24. The number of aromatic nitrogens is 3. The molecule has 0 saturated carbocycles. The molecule has 0 amide bonds. The van der Waals surface area contributed by atoms with E-state index in [4.69, 9.17) is 0 Å². The number of nitrogens with one attached hydrogen (secondary N) is 1. The third-order valence-electron chi connectivity index (χ3n) is 2.80. The number of anilines is 1. The Morgan fingerprint density at radius 2 is 2.38 bits per heavy atom. The topological polar surface area (TPSA) is 42.7 Å². The molecule has 82 valence electrons. The molecule has 4 nitrogen and oxygen atoms in total. The zero-order valence-corrected chi connectivity index (χ0v) is 8.60. The van der Waals surface area contributed by atoms with E-state index in [-0.39, 0.29) is 11.9 Å². The van der Waals surface area contributed by atoms with Crippen LogP contribution in [0.3, 0.4) is 0 Å². The van der Waals surface area contributed by atoms with Gasteiger partial charge in [0.2, 0.25) is 5.95 Å². The number of hydrogen-bond acceptors (Lipinski definition) is 3. The minimum atomic E-state index is -0.210. The standard InChI is InChI=1S/C11H11FN4/c12-9-3-1-2-8(6-9)10-4-5-13-11-14-7-15-16(10)11/h1-3,6-7,10H,4-5H2,(H,13,14,15). The van der Waals surface area contributed by atoms with Crippen LogP contribution in [0.5, 0.6) is 0 Å². The summed E-state index contributed by atoms with van der Waals surface area (Å²) in [5, 5.41) is 7.32. The molecule has 16 heavy (non-hydrogen) atoms. The highest BCUT2D eigenvalue weighted by Gasteiger charge is 2.22. The van der Waals surface area contributed by atoms with Crippen molar-refractivity contribution in [1.82, 2.24) is 14.8 Å². The maximum absolute atomic E-state index is 13.2. The molecule has 1 N–H and O–H groups in total. The van der Waals surface area contributed by atoms with E-state index in [1.54, 1.807) is 16.8 Å². The summed E-state index contributed by atoms with van der Waals surface area (Å²) in [5.74, 6) is 0.540. The SMILES string of the molecule is Fc1cccc(C2CCNc3ncnn32)c1. The summed E-state index contributed by atoms with van der Waals surface area (Å²) in [6.45, 7) is 0.833. The molecule has 3 rings (SSSR count). The van der Waals surface area contributed by atoms with Crippen molar-refractivity contribution in [2.24, 2.45) is 0 Å². The van der Waals surface area contributed by atoms with E-state index >= 15 is 0 Å². The Bertz CT molecular complexity index is 508. The molecule has 1 aliphatic heterocycles. The van der Waals surface area contributed by atoms with Gasteiger partial charge in [-0.25, -0.2) is 9.07 Å². The van der Waals surface area contributed by atoms with Gasteiger partial charge in [0.1, 0.15) is 12.1 Å². The lowest BCUT2D eigenvalue weighted by Gasteiger charge is -2.24. The first-order valence-electron chi connectivity index (χ1n) is 5.23. The van der Waals surface area contributed by atoms with Crippen molar-refractivity contribution in [3.8, 4) is 0 Å². The van der Waals surface area contributed by atoms with Gasteiger partial charge in [0.25, 0.3) is 0 Å². The second-order valence-electron chi connectivity index (χ2n) is 3.81. The van der Waals surface area contributed by atoms with Crippen LogP contribution in [0.4, 0.5) is 10.3 Å². The Morgan fingerprint density at radius 3 is 3.25 bits per heavy atom. The van der Waals surface area contributed by atoms with Gasteiger partial charge in [-0.3, -0.25) is 0 Å². The van der Waals surface area contributed by atoms with Gasteiger partial charge in [0.15, 0.2) is 0 Å². The first kappa shape index (κ1) is 9.33. The van der Waals surface area contributed by atoms with Crippen molar-refractivity contribution in [3.63, 3.8) is 0 Å². The van der Waals surface area contributed by atoms with Crippen molar-refractivity contribution < 1.29 is 4.39 Å². The number of fused-ring (bicyclic) bond motifs is 1. The van der Waals surface area contributed by atoms with Gasteiger partial charge in [-0.15, -0.1) is 0 Å². The van der Waals surface area contributed by atoms with Crippen LogP contribution in [0.2, 0.25) is 0 Å². The molecule has 1 aliphatic rings. The quantitative estimate of drug-likeness (QED) is 0.794. The summed E-state index contributed by atoms with van der Waals surface area (Å²) in [5.41, 5.74) is 0.938. The van der Waals surface area contributed by atoms with Gasteiger partial charge in [0.05, 0.1) is 6.04 Å². The monoisotopic (exact) mass is 218 g/mol. The molecule has 0 bridgehead atoms. The number of nitrogens with zero attached hydrogens (tertiary/aromatic N) is 3. The molecule has 0 saturated heterocycles. The number of benzene rings is 1. The van der Waals surface area contributed by atoms with Crippen molar-refractivity contribution in [3.05, 3.63) is 42.0 Å². The third-order valence-corrected chi connectivity index (χ3v) is 2.80. The van der Waals surface area contributed by atoms with Crippen LogP contribution >= 0.6 is 0 Å². The average Bonchev–Trinajstić information content (AvgIpc) is 2.76. The molecule has 0 fully saturated rings. The van der Waals surface area contributed by atoms with Crippen molar-refractivity contribution in [2.75, 3.05) is 11.9 Å². The highest BCUT2D eigenvalue weighted by atomic mass is 19.1. The van der Waals surface area contributed by atoms with E-state index < -0.39 is 0 Å². The molecule has 1 aromatic heterocycles. The summed E-state index contributed by atoms with van der Waals surface area (Å²) in [6, 6.07) is 6.73. The average molecular weight is 218 g/mol. The molecule has 2 heterocycles. The van der Waals surface area contributed by atoms with Crippen LogP contribution in [-0.4, -0.2) is 21.3 Å². The van der Waals surface area contributed by atoms with E-state index in [9.17, 15) is 4.39 Å². The first-order chi connectivity index (χ1) is 7.84. The van der Waals surface area contributed by atoms with Crippen LogP contribution < -0.4 is 5.32 Å². The van der Waals surface area contributed by atoms with Gasteiger partial charge in [0, 0.05) is 6.54 Å². The maximum atomic E-state index is 13.2. The Labute approximate surface area is 92.1 Å². The van der Waals surface area contributed by atoms with Gasteiger partial charge >= 0.3 is 0 Å². The Balaban J connectivity index is 2.04.